The van der Waals surface area contributed by atoms with E-state index in [4.69, 9.17) is 4.42 Å². The molecule has 4 nitrogen and oxygen atoms in total. The Morgan fingerprint density at radius 3 is 2.54 bits per heavy atom. The van der Waals surface area contributed by atoms with Crippen LogP contribution in [0.4, 0.5) is 4.39 Å². The molecule has 0 atom stereocenters. The molecule has 3 aliphatic rings. The highest BCUT2D eigenvalue weighted by atomic mass is 19.1. The van der Waals surface area contributed by atoms with E-state index < -0.39 is 5.63 Å². The second kappa shape index (κ2) is 4.16. The fourth-order valence-corrected chi connectivity index (χ4v) is 4.80. The lowest BCUT2D eigenvalue weighted by Crippen LogP contribution is -2.66. The third kappa shape index (κ3) is 1.58. The zero-order chi connectivity index (χ0) is 16.7. The van der Waals surface area contributed by atoms with Crippen LogP contribution in [0, 0.1) is 11.2 Å². The number of hydrogen-bond donors (Lipinski definition) is 2. The molecule has 1 heterocycles. The lowest BCUT2D eigenvalue weighted by molar-refractivity contribution is -0.169. The van der Waals surface area contributed by atoms with Crippen LogP contribution in [0.3, 0.4) is 0 Å². The van der Waals surface area contributed by atoms with Gasteiger partial charge in [-0.3, -0.25) is 0 Å². The van der Waals surface area contributed by atoms with Gasteiger partial charge in [0.2, 0.25) is 0 Å². The van der Waals surface area contributed by atoms with Crippen LogP contribution in [0.25, 0.3) is 21.7 Å². The first-order valence-electron chi connectivity index (χ1n) is 7.96. The number of benzene rings is 2. The van der Waals surface area contributed by atoms with Crippen molar-refractivity contribution in [3.05, 3.63) is 52.1 Å². The summed E-state index contributed by atoms with van der Waals surface area (Å²) >= 11 is 0. The van der Waals surface area contributed by atoms with Gasteiger partial charge in [-0.1, -0.05) is 0 Å². The average Bonchev–Trinajstić information content (AvgIpc) is 2.46. The quantitative estimate of drug-likeness (QED) is 0.560. The number of phenols is 1. The van der Waals surface area contributed by atoms with E-state index in [9.17, 15) is 19.4 Å². The van der Waals surface area contributed by atoms with Gasteiger partial charge in [0.25, 0.3) is 0 Å². The molecule has 2 aromatic carbocycles. The zero-order valence-corrected chi connectivity index (χ0v) is 12.8. The largest absolute Gasteiger partial charge is 0.508 e. The van der Waals surface area contributed by atoms with Crippen LogP contribution in [0.15, 0.2) is 39.5 Å². The highest BCUT2D eigenvalue weighted by Gasteiger charge is 2.68. The average molecular weight is 326 g/mol. The maximum Gasteiger partial charge on any atom is 0.344 e. The molecule has 3 saturated carbocycles. The summed E-state index contributed by atoms with van der Waals surface area (Å²) in [5, 5.41) is 20.4. The number of fused-ring (bicyclic) bond motifs is 3. The zero-order valence-electron chi connectivity index (χ0n) is 12.8. The molecule has 1 aromatic heterocycles. The first-order chi connectivity index (χ1) is 11.5. The normalized spacial score (nSPS) is 27.9. The molecule has 0 radical (unpaired) electrons. The highest BCUT2D eigenvalue weighted by molar-refractivity contribution is 6.04. The summed E-state index contributed by atoms with van der Waals surface area (Å²) in [6, 6.07) is 7.47. The van der Waals surface area contributed by atoms with Gasteiger partial charge in [0.15, 0.2) is 0 Å². The van der Waals surface area contributed by atoms with Crippen molar-refractivity contribution in [1.82, 2.24) is 0 Å². The number of phenolic OH excluding ortho intramolecular Hbond substituents is 1. The van der Waals surface area contributed by atoms with E-state index in [0.29, 0.717) is 21.7 Å². The standard InChI is InChI=1S/C19H15FO4/c20-15-5-12-11-2-1-10(22)3-16(11)24-17(23)13(12)4-14(15)19-6-18(7-19,8-19)9-21/h1-5,21-22H,6-9H2. The molecule has 0 unspecified atom stereocenters. The third-order valence-electron chi connectivity index (χ3n) is 5.83. The van der Waals surface area contributed by atoms with Crippen molar-refractivity contribution >= 4 is 21.7 Å². The molecule has 3 aliphatic carbocycles. The maximum atomic E-state index is 14.8. The van der Waals surface area contributed by atoms with E-state index in [1.165, 1.54) is 18.2 Å². The molecular weight excluding hydrogens is 311 g/mol. The van der Waals surface area contributed by atoms with Crippen molar-refractivity contribution < 1.29 is 19.0 Å². The first kappa shape index (κ1) is 14.0. The van der Waals surface area contributed by atoms with Gasteiger partial charge in [-0.05, 0) is 54.5 Å². The summed E-state index contributed by atoms with van der Waals surface area (Å²) in [4.78, 5) is 12.3. The smallest absolute Gasteiger partial charge is 0.344 e. The summed E-state index contributed by atoms with van der Waals surface area (Å²) < 4.78 is 20.1. The van der Waals surface area contributed by atoms with Crippen LogP contribution < -0.4 is 5.63 Å². The Morgan fingerprint density at radius 1 is 1.08 bits per heavy atom. The van der Waals surface area contributed by atoms with E-state index in [0.717, 1.165) is 19.3 Å². The molecule has 2 N–H and O–H groups in total. The summed E-state index contributed by atoms with van der Waals surface area (Å²) in [6.07, 6.45) is 2.31. The van der Waals surface area contributed by atoms with Crippen LogP contribution in [-0.2, 0) is 5.41 Å². The van der Waals surface area contributed by atoms with E-state index in [2.05, 4.69) is 0 Å². The number of hydrogen-bond acceptors (Lipinski definition) is 4. The second-order valence-electron chi connectivity index (χ2n) is 7.42. The van der Waals surface area contributed by atoms with Gasteiger partial charge in [0.1, 0.15) is 17.1 Å². The molecule has 0 saturated heterocycles. The Labute approximate surface area is 136 Å². The predicted octanol–water partition coefficient (Wildman–Crippen LogP) is 3.20. The van der Waals surface area contributed by atoms with Crippen LogP contribution in [0.5, 0.6) is 5.75 Å². The second-order valence-corrected chi connectivity index (χ2v) is 7.42. The lowest BCUT2D eigenvalue weighted by atomic mass is 9.34. The lowest BCUT2D eigenvalue weighted by Gasteiger charge is -2.70. The number of aromatic hydroxyl groups is 1. The maximum absolute atomic E-state index is 14.8. The number of halogens is 1. The molecule has 24 heavy (non-hydrogen) atoms. The van der Waals surface area contributed by atoms with Crippen molar-refractivity contribution in [1.29, 1.82) is 0 Å². The van der Waals surface area contributed by atoms with E-state index in [1.54, 1.807) is 12.1 Å². The molecule has 2 bridgehead atoms. The first-order valence-corrected chi connectivity index (χ1v) is 7.96. The van der Waals surface area contributed by atoms with Gasteiger partial charge < -0.3 is 14.6 Å². The fraction of sp³-hybridized carbons (Fsp3) is 0.316. The Balaban J connectivity index is 1.75. The SMILES string of the molecule is O=c1oc2cc(O)ccc2c2cc(F)c(C34CC(CO)(C3)C4)cc12. The summed E-state index contributed by atoms with van der Waals surface area (Å²) in [5.74, 6) is -0.334. The van der Waals surface area contributed by atoms with Crippen molar-refractivity contribution in [3.8, 4) is 5.75 Å². The molecule has 0 aliphatic heterocycles. The van der Waals surface area contributed by atoms with Crippen LogP contribution in [-0.4, -0.2) is 16.8 Å². The molecule has 6 rings (SSSR count). The Kier molecular flexibility index (Phi) is 2.43. The monoisotopic (exact) mass is 326 g/mol. The molecule has 3 aromatic rings. The molecular formula is C19H15FO4. The van der Waals surface area contributed by atoms with E-state index >= 15 is 0 Å². The Bertz CT molecular complexity index is 1060. The van der Waals surface area contributed by atoms with Crippen molar-refractivity contribution in [2.24, 2.45) is 5.41 Å². The summed E-state index contributed by atoms with van der Waals surface area (Å²) in [6.45, 7) is 0.139. The van der Waals surface area contributed by atoms with Crippen molar-refractivity contribution in [2.45, 2.75) is 24.7 Å². The van der Waals surface area contributed by atoms with Gasteiger partial charge in [-0.25, -0.2) is 9.18 Å². The topological polar surface area (TPSA) is 70.7 Å². The summed E-state index contributed by atoms with van der Waals surface area (Å²) in [7, 11) is 0. The Morgan fingerprint density at radius 2 is 1.83 bits per heavy atom. The van der Waals surface area contributed by atoms with Crippen LogP contribution >= 0.6 is 0 Å². The van der Waals surface area contributed by atoms with Gasteiger partial charge in [0, 0.05) is 28.9 Å². The number of aliphatic hydroxyl groups excluding tert-OH is 1. The van der Waals surface area contributed by atoms with Crippen molar-refractivity contribution in [2.75, 3.05) is 6.61 Å². The molecule has 3 fully saturated rings. The van der Waals surface area contributed by atoms with Crippen molar-refractivity contribution in [3.63, 3.8) is 0 Å². The molecule has 5 heteroatoms. The van der Waals surface area contributed by atoms with Gasteiger partial charge in [-0.15, -0.1) is 0 Å². The summed E-state index contributed by atoms with van der Waals surface area (Å²) in [5.41, 5.74) is -0.0161. The third-order valence-corrected chi connectivity index (χ3v) is 5.83. The predicted molar refractivity (Wildman–Crippen MR) is 86.7 cm³/mol. The van der Waals surface area contributed by atoms with E-state index in [1.807, 2.05) is 0 Å². The highest BCUT2D eigenvalue weighted by Crippen LogP contribution is 2.73. The molecule has 0 amide bonds. The fourth-order valence-electron chi connectivity index (χ4n) is 4.80. The van der Waals surface area contributed by atoms with Gasteiger partial charge in [-0.2, -0.15) is 0 Å². The number of aliphatic hydroxyl groups is 1. The number of rotatable bonds is 2. The van der Waals surface area contributed by atoms with Gasteiger partial charge >= 0.3 is 5.63 Å². The van der Waals surface area contributed by atoms with Crippen LogP contribution in [0.2, 0.25) is 0 Å². The van der Waals surface area contributed by atoms with Crippen LogP contribution in [0.1, 0.15) is 24.8 Å². The van der Waals surface area contributed by atoms with Gasteiger partial charge in [0.05, 0.1) is 5.39 Å². The molecule has 122 valence electrons. The minimum absolute atomic E-state index is 0.00902. The minimum atomic E-state index is -0.534. The molecule has 0 spiro atoms. The minimum Gasteiger partial charge on any atom is -0.508 e. The van der Waals surface area contributed by atoms with E-state index in [-0.39, 0.29) is 34.6 Å². The Hall–Kier alpha value is -2.40.